The molecule has 0 unspecified atom stereocenters. The van der Waals surface area contributed by atoms with Gasteiger partial charge in [-0.2, -0.15) is 0 Å². The minimum absolute atomic E-state index is 0.0600. The number of guanidine groups is 1. The molecule has 0 fully saturated rings. The first-order chi connectivity index (χ1) is 16.8. The summed E-state index contributed by atoms with van der Waals surface area (Å²) in [6.07, 6.45) is 1.65. The van der Waals surface area contributed by atoms with E-state index in [1.165, 1.54) is 33.7 Å². The molecule has 7 nitrogen and oxygen atoms in total. The Kier molecular flexibility index (Phi) is 5.37. The molecule has 0 aliphatic carbocycles. The van der Waals surface area contributed by atoms with Crippen LogP contribution in [0, 0.1) is 0 Å². The van der Waals surface area contributed by atoms with Gasteiger partial charge in [0.05, 0.1) is 22.7 Å². The lowest BCUT2D eigenvalue weighted by molar-refractivity contribution is 0.0174. The van der Waals surface area contributed by atoms with Gasteiger partial charge in [0.15, 0.2) is 5.03 Å². The summed E-state index contributed by atoms with van der Waals surface area (Å²) in [7, 11) is -2.52. The summed E-state index contributed by atoms with van der Waals surface area (Å²) in [4.78, 5) is 21.5. The van der Waals surface area contributed by atoms with Crippen molar-refractivity contribution in [3.63, 3.8) is 0 Å². The van der Waals surface area contributed by atoms with Crippen molar-refractivity contribution in [3.8, 4) is 0 Å². The molecule has 0 saturated heterocycles. The molecule has 5 rings (SSSR count). The molecule has 1 aromatic heterocycles. The minimum atomic E-state index is -4.10. The highest BCUT2D eigenvalue weighted by atomic mass is 32.2. The quantitative estimate of drug-likeness (QED) is 0.504. The molecule has 0 radical (unpaired) electrons. The first-order valence-electron chi connectivity index (χ1n) is 11.5. The number of benzene rings is 2. The molecule has 10 heteroatoms. The number of sulfone groups is 1. The van der Waals surface area contributed by atoms with Gasteiger partial charge < -0.3 is 9.47 Å². The molecule has 3 aromatic rings. The summed E-state index contributed by atoms with van der Waals surface area (Å²) in [5.41, 5.74) is 0.569. The number of fused-ring (bicyclic) bond motifs is 3. The van der Waals surface area contributed by atoms with Crippen LogP contribution in [0.4, 0.5) is 14.5 Å². The summed E-state index contributed by atoms with van der Waals surface area (Å²) in [5, 5.41) is -0.130. The van der Waals surface area contributed by atoms with E-state index < -0.39 is 27.2 Å². The number of alkyl halides is 2. The average molecular weight is 513 g/mol. The Balaban J connectivity index is 1.69. The molecule has 36 heavy (non-hydrogen) atoms. The zero-order valence-corrected chi connectivity index (χ0v) is 21.2. The maximum Gasteiger partial charge on any atom is 0.270 e. The van der Waals surface area contributed by atoms with Crippen molar-refractivity contribution in [2.45, 2.75) is 48.7 Å². The fourth-order valence-electron chi connectivity index (χ4n) is 4.68. The molecule has 0 bridgehead atoms. The number of amides is 1. The van der Waals surface area contributed by atoms with Gasteiger partial charge in [0, 0.05) is 32.3 Å². The topological polar surface area (TPSA) is 75.0 Å². The average Bonchev–Trinajstić information content (AvgIpc) is 3.35. The van der Waals surface area contributed by atoms with Crippen molar-refractivity contribution in [2.24, 2.45) is 4.99 Å². The number of rotatable bonds is 5. The molecule has 1 amide bonds. The van der Waals surface area contributed by atoms with E-state index in [-0.39, 0.29) is 27.6 Å². The molecular weight excluding hydrogens is 486 g/mol. The number of aromatic nitrogens is 1. The van der Waals surface area contributed by atoms with Crippen LogP contribution in [0.1, 0.15) is 42.3 Å². The van der Waals surface area contributed by atoms with Gasteiger partial charge in [-0.05, 0) is 31.5 Å². The molecule has 3 heterocycles. The fourth-order valence-corrected chi connectivity index (χ4v) is 6.30. The summed E-state index contributed by atoms with van der Waals surface area (Å²) in [5.74, 6) is -2.98. The van der Waals surface area contributed by atoms with Crippen LogP contribution in [0.15, 0.2) is 75.7 Å². The van der Waals surface area contributed by atoms with E-state index in [0.717, 1.165) is 6.92 Å². The van der Waals surface area contributed by atoms with E-state index in [0.29, 0.717) is 23.8 Å². The van der Waals surface area contributed by atoms with E-state index in [4.69, 9.17) is 0 Å². The number of hydrogen-bond acceptors (Lipinski definition) is 5. The molecule has 0 saturated carbocycles. The zero-order valence-electron chi connectivity index (χ0n) is 20.4. The molecule has 2 aliphatic rings. The van der Waals surface area contributed by atoms with Crippen LogP contribution in [0.25, 0.3) is 0 Å². The Bertz CT molecular complexity index is 1490. The van der Waals surface area contributed by atoms with Crippen molar-refractivity contribution >= 4 is 27.4 Å². The minimum Gasteiger partial charge on any atom is -0.331 e. The van der Waals surface area contributed by atoms with Crippen molar-refractivity contribution in [2.75, 3.05) is 18.5 Å². The SMILES string of the molecule is CN1C(=O)c2c(cn(Cc3ccc(C(C)(F)F)cc3)c2S(=O)(=O)c2ccccc2)N2CC(C)(C)N=C12. The second kappa shape index (κ2) is 7.99. The Morgan fingerprint density at radius 2 is 1.69 bits per heavy atom. The van der Waals surface area contributed by atoms with Crippen molar-refractivity contribution in [3.05, 3.63) is 77.5 Å². The summed E-state index contributed by atoms with van der Waals surface area (Å²) < 4.78 is 56.7. The second-order valence-corrected chi connectivity index (χ2v) is 11.8. The van der Waals surface area contributed by atoms with Crippen LogP contribution in [0.5, 0.6) is 0 Å². The van der Waals surface area contributed by atoms with Gasteiger partial charge in [-0.15, -0.1) is 0 Å². The molecule has 2 aromatic carbocycles. The fraction of sp³-hybridized carbons (Fsp3) is 0.308. The summed E-state index contributed by atoms with van der Waals surface area (Å²) >= 11 is 0. The van der Waals surface area contributed by atoms with Crippen LogP contribution < -0.4 is 4.90 Å². The highest BCUT2D eigenvalue weighted by Crippen LogP contribution is 2.41. The lowest BCUT2D eigenvalue weighted by atomic mass is 10.1. The Hall–Kier alpha value is -3.53. The first kappa shape index (κ1) is 24.2. The number of carbonyl (C=O) groups is 1. The van der Waals surface area contributed by atoms with E-state index in [2.05, 4.69) is 4.99 Å². The molecule has 0 atom stereocenters. The van der Waals surface area contributed by atoms with Crippen molar-refractivity contribution < 1.29 is 22.0 Å². The molecule has 2 aliphatic heterocycles. The molecular formula is C26H26F2N4O3S. The first-order valence-corrected chi connectivity index (χ1v) is 12.9. The highest BCUT2D eigenvalue weighted by molar-refractivity contribution is 7.91. The maximum atomic E-state index is 13.9. The lowest BCUT2D eigenvalue weighted by Gasteiger charge is -2.32. The Labute approximate surface area is 208 Å². The van der Waals surface area contributed by atoms with Crippen LogP contribution in [0.3, 0.4) is 0 Å². The van der Waals surface area contributed by atoms with Crippen molar-refractivity contribution in [1.82, 2.24) is 9.47 Å². The van der Waals surface area contributed by atoms with Crippen LogP contribution in [-0.2, 0) is 22.3 Å². The molecule has 188 valence electrons. The Morgan fingerprint density at radius 3 is 2.31 bits per heavy atom. The third-order valence-corrected chi connectivity index (χ3v) is 8.27. The van der Waals surface area contributed by atoms with Gasteiger partial charge in [-0.1, -0.05) is 42.5 Å². The largest absolute Gasteiger partial charge is 0.331 e. The normalized spacial score (nSPS) is 17.2. The number of nitrogens with zero attached hydrogens (tertiary/aromatic N) is 4. The van der Waals surface area contributed by atoms with Crippen LogP contribution >= 0.6 is 0 Å². The zero-order chi connectivity index (χ0) is 26.0. The number of anilines is 1. The van der Waals surface area contributed by atoms with Gasteiger partial charge in [-0.3, -0.25) is 9.69 Å². The third-order valence-electron chi connectivity index (χ3n) is 6.43. The van der Waals surface area contributed by atoms with Gasteiger partial charge >= 0.3 is 0 Å². The summed E-state index contributed by atoms with van der Waals surface area (Å²) in [6, 6.07) is 13.7. The predicted octanol–water partition coefficient (Wildman–Crippen LogP) is 4.52. The third kappa shape index (κ3) is 3.89. The van der Waals surface area contributed by atoms with Crippen LogP contribution in [-0.4, -0.2) is 48.9 Å². The van der Waals surface area contributed by atoms with E-state index in [1.54, 1.807) is 43.6 Å². The van der Waals surface area contributed by atoms with Gasteiger partial charge in [0.1, 0.15) is 5.56 Å². The lowest BCUT2D eigenvalue weighted by Crippen LogP contribution is -2.48. The van der Waals surface area contributed by atoms with E-state index >= 15 is 0 Å². The van der Waals surface area contributed by atoms with Gasteiger partial charge in [-0.25, -0.2) is 22.2 Å². The maximum absolute atomic E-state index is 13.9. The number of hydrogen-bond donors (Lipinski definition) is 0. The number of aliphatic imine (C=N–C) groups is 1. The molecule has 0 N–H and O–H groups in total. The van der Waals surface area contributed by atoms with E-state index in [1.807, 2.05) is 18.7 Å². The van der Waals surface area contributed by atoms with Crippen molar-refractivity contribution in [1.29, 1.82) is 0 Å². The number of carbonyl (C=O) groups excluding carboxylic acids is 1. The van der Waals surface area contributed by atoms with Gasteiger partial charge in [0.25, 0.3) is 11.8 Å². The number of halogens is 2. The van der Waals surface area contributed by atoms with Crippen LogP contribution in [0.2, 0.25) is 0 Å². The molecule has 0 spiro atoms. The van der Waals surface area contributed by atoms with Gasteiger partial charge in [0.2, 0.25) is 15.8 Å². The monoisotopic (exact) mass is 512 g/mol. The Morgan fingerprint density at radius 1 is 1.06 bits per heavy atom. The summed E-state index contributed by atoms with van der Waals surface area (Å²) in [6.45, 7) is 5.26. The second-order valence-electron chi connectivity index (χ2n) is 9.90. The smallest absolute Gasteiger partial charge is 0.270 e. The highest BCUT2D eigenvalue weighted by Gasteiger charge is 2.46. The standard InChI is InChI=1S/C26H26F2N4O3S/c1-25(2)16-32-20-15-31(14-17-10-12-18(13-11-17)26(3,27)28)23(21(20)22(33)30(4)24(32)29-25)36(34,35)19-8-6-5-7-9-19/h5-13,15H,14,16H2,1-4H3. The predicted molar refractivity (Wildman–Crippen MR) is 132 cm³/mol. The van der Waals surface area contributed by atoms with E-state index in [9.17, 15) is 22.0 Å².